The van der Waals surface area contributed by atoms with E-state index in [1.807, 2.05) is 37.3 Å². The van der Waals surface area contributed by atoms with Gasteiger partial charge in [0, 0.05) is 19.3 Å². The Labute approximate surface area is 111 Å². The highest BCUT2D eigenvalue weighted by Crippen LogP contribution is 2.21. The van der Waals surface area contributed by atoms with Gasteiger partial charge in [-0.2, -0.15) is 0 Å². The quantitative estimate of drug-likeness (QED) is 0.469. The van der Waals surface area contributed by atoms with Crippen LogP contribution in [0, 0.1) is 0 Å². The first-order valence-electron chi connectivity index (χ1n) is 6.19. The summed E-state index contributed by atoms with van der Waals surface area (Å²) in [6, 6.07) is 9.50. The van der Waals surface area contributed by atoms with Crippen molar-refractivity contribution in [3.8, 4) is 0 Å². The van der Waals surface area contributed by atoms with Crippen LogP contribution in [0.1, 0.15) is 18.5 Å². The van der Waals surface area contributed by atoms with E-state index in [1.165, 1.54) is 0 Å². The van der Waals surface area contributed by atoms with Crippen molar-refractivity contribution in [1.82, 2.24) is 10.2 Å². The molecular weight excluding hydrogens is 244 g/mol. The van der Waals surface area contributed by atoms with Gasteiger partial charge in [0.2, 0.25) is 5.78 Å². The van der Waals surface area contributed by atoms with E-state index < -0.39 is 17.6 Å². The summed E-state index contributed by atoms with van der Waals surface area (Å²) in [6.07, 6.45) is 0.0767. The predicted octanol–water partition coefficient (Wildman–Crippen LogP) is 0.316. The van der Waals surface area contributed by atoms with Gasteiger partial charge in [-0.05, 0) is 12.5 Å². The monoisotopic (exact) mass is 260 g/mol. The molecule has 1 fully saturated rings. The lowest BCUT2D eigenvalue weighted by molar-refractivity contribution is -0.140. The van der Waals surface area contributed by atoms with Crippen molar-refractivity contribution in [2.24, 2.45) is 0 Å². The molecule has 1 unspecified atom stereocenters. The maximum absolute atomic E-state index is 11.6. The van der Waals surface area contributed by atoms with E-state index >= 15 is 0 Å². The molecule has 1 heterocycles. The maximum atomic E-state index is 11.6. The molecule has 1 N–H and O–H groups in total. The van der Waals surface area contributed by atoms with E-state index in [4.69, 9.17) is 0 Å². The van der Waals surface area contributed by atoms with Crippen molar-refractivity contribution < 1.29 is 14.4 Å². The Hall–Kier alpha value is -1.85. The van der Waals surface area contributed by atoms with E-state index in [9.17, 15) is 14.4 Å². The smallest absolute Gasteiger partial charge is 0.262 e. The van der Waals surface area contributed by atoms with Crippen LogP contribution in [-0.2, 0) is 14.4 Å². The third-order valence-corrected chi connectivity index (χ3v) is 3.45. The lowest BCUT2D eigenvalue weighted by Crippen LogP contribution is -2.38. The Balaban J connectivity index is 2.01. The molecule has 0 saturated carbocycles. The third kappa shape index (κ3) is 2.94. The van der Waals surface area contributed by atoms with Gasteiger partial charge in [0.25, 0.3) is 5.78 Å². The number of carbonyl (C=O) groups excluding carboxylic acids is 3. The predicted molar refractivity (Wildman–Crippen MR) is 69.4 cm³/mol. The molecule has 0 spiro atoms. The Kier molecular flexibility index (Phi) is 4.19. The molecule has 2 atom stereocenters. The minimum atomic E-state index is -0.966. The molecule has 0 aliphatic carbocycles. The zero-order valence-corrected chi connectivity index (χ0v) is 10.7. The molecule has 1 saturated heterocycles. The summed E-state index contributed by atoms with van der Waals surface area (Å²) in [7, 11) is 0. The first-order valence-corrected chi connectivity index (χ1v) is 6.19. The van der Waals surface area contributed by atoms with Crippen LogP contribution < -0.4 is 5.32 Å². The number of rotatable bonds is 5. The summed E-state index contributed by atoms with van der Waals surface area (Å²) in [5.74, 6) is -1.62. The average Bonchev–Trinajstić information content (AvgIpc) is 2.95. The van der Waals surface area contributed by atoms with E-state index in [2.05, 4.69) is 10.2 Å². The van der Waals surface area contributed by atoms with Crippen LogP contribution in [-0.4, -0.2) is 42.0 Å². The second-order valence-electron chi connectivity index (χ2n) is 4.62. The molecule has 19 heavy (non-hydrogen) atoms. The number of carbonyl (C=O) groups is 3. The van der Waals surface area contributed by atoms with Crippen molar-refractivity contribution in [3.63, 3.8) is 0 Å². The van der Waals surface area contributed by atoms with Crippen molar-refractivity contribution in [2.75, 3.05) is 13.2 Å². The fourth-order valence-corrected chi connectivity index (χ4v) is 2.23. The molecule has 0 amide bonds. The van der Waals surface area contributed by atoms with Crippen molar-refractivity contribution >= 4 is 17.9 Å². The zero-order chi connectivity index (χ0) is 13.8. The Morgan fingerprint density at radius 1 is 1.37 bits per heavy atom. The summed E-state index contributed by atoms with van der Waals surface area (Å²) in [4.78, 5) is 35.1. The van der Waals surface area contributed by atoms with Gasteiger partial charge in [0.05, 0.1) is 6.04 Å². The van der Waals surface area contributed by atoms with Crippen molar-refractivity contribution in [2.45, 2.75) is 19.0 Å². The van der Waals surface area contributed by atoms with Crippen molar-refractivity contribution in [1.29, 1.82) is 0 Å². The molecular formula is C14H16N2O3. The molecule has 0 bridgehead atoms. The highest BCUT2D eigenvalue weighted by Gasteiger charge is 2.33. The SMILES string of the molecule is C[C@@H](c1ccccc1)N1CNC(C(=O)C(=O)C=O)C1. The van der Waals surface area contributed by atoms with Crippen LogP contribution in [0.2, 0.25) is 0 Å². The van der Waals surface area contributed by atoms with Crippen LogP contribution in [0.25, 0.3) is 0 Å². The number of ketones is 2. The lowest BCUT2D eigenvalue weighted by Gasteiger charge is -2.23. The average molecular weight is 260 g/mol. The summed E-state index contributed by atoms with van der Waals surface area (Å²) in [5, 5.41) is 2.97. The highest BCUT2D eigenvalue weighted by atomic mass is 16.2. The van der Waals surface area contributed by atoms with E-state index in [-0.39, 0.29) is 12.3 Å². The molecule has 5 heteroatoms. The summed E-state index contributed by atoms with van der Waals surface area (Å²) in [6.45, 7) is 3.01. The molecule has 1 aromatic rings. The zero-order valence-electron chi connectivity index (χ0n) is 10.7. The molecule has 1 aliphatic rings. The van der Waals surface area contributed by atoms with Crippen LogP contribution in [0.4, 0.5) is 0 Å². The summed E-state index contributed by atoms with van der Waals surface area (Å²) < 4.78 is 0. The molecule has 0 radical (unpaired) electrons. The second kappa shape index (κ2) is 5.86. The number of nitrogens with zero attached hydrogens (tertiary/aromatic N) is 1. The van der Waals surface area contributed by atoms with Gasteiger partial charge in [0.1, 0.15) is 0 Å². The van der Waals surface area contributed by atoms with Gasteiger partial charge >= 0.3 is 0 Å². The van der Waals surface area contributed by atoms with Gasteiger partial charge in [-0.3, -0.25) is 24.6 Å². The largest absolute Gasteiger partial charge is 0.294 e. The third-order valence-electron chi connectivity index (χ3n) is 3.45. The summed E-state index contributed by atoms with van der Waals surface area (Å²) >= 11 is 0. The molecule has 2 rings (SSSR count). The minimum Gasteiger partial charge on any atom is -0.294 e. The Morgan fingerprint density at radius 3 is 2.68 bits per heavy atom. The fraction of sp³-hybridized carbons (Fsp3) is 0.357. The Bertz CT molecular complexity index is 487. The van der Waals surface area contributed by atoms with Crippen molar-refractivity contribution in [3.05, 3.63) is 35.9 Å². The van der Waals surface area contributed by atoms with Gasteiger partial charge in [-0.1, -0.05) is 30.3 Å². The molecule has 5 nitrogen and oxygen atoms in total. The lowest BCUT2D eigenvalue weighted by atomic mass is 10.1. The first kappa shape index (κ1) is 13.6. The van der Waals surface area contributed by atoms with Crippen LogP contribution in [0.3, 0.4) is 0 Å². The van der Waals surface area contributed by atoms with Crippen LogP contribution in [0.15, 0.2) is 30.3 Å². The number of Topliss-reactive ketones (excluding diaryl/α,β-unsaturated/α-hetero) is 2. The van der Waals surface area contributed by atoms with Gasteiger partial charge in [-0.15, -0.1) is 0 Å². The standard InChI is InChI=1S/C14H16N2O3/c1-10(11-5-3-2-4-6-11)16-7-12(15-9-16)14(19)13(18)8-17/h2-6,8,10,12,15H,7,9H2,1H3/t10-,12?/m0/s1. The second-order valence-corrected chi connectivity index (χ2v) is 4.62. The fourth-order valence-electron chi connectivity index (χ4n) is 2.23. The van der Waals surface area contributed by atoms with Crippen LogP contribution >= 0.6 is 0 Å². The number of nitrogens with one attached hydrogen (secondary N) is 1. The first-order chi connectivity index (χ1) is 9.13. The molecule has 1 aromatic carbocycles. The number of hydrogen-bond donors (Lipinski definition) is 1. The van der Waals surface area contributed by atoms with E-state index in [0.717, 1.165) is 5.56 Å². The van der Waals surface area contributed by atoms with E-state index in [1.54, 1.807) is 0 Å². The van der Waals surface area contributed by atoms with E-state index in [0.29, 0.717) is 13.2 Å². The molecule has 0 aromatic heterocycles. The summed E-state index contributed by atoms with van der Waals surface area (Å²) in [5.41, 5.74) is 1.15. The minimum absolute atomic E-state index is 0.0767. The van der Waals surface area contributed by atoms with Gasteiger partial charge < -0.3 is 0 Å². The topological polar surface area (TPSA) is 66.5 Å². The van der Waals surface area contributed by atoms with Crippen LogP contribution in [0.5, 0.6) is 0 Å². The highest BCUT2D eigenvalue weighted by molar-refractivity contribution is 6.59. The van der Waals surface area contributed by atoms with Gasteiger partial charge in [-0.25, -0.2) is 0 Å². The Morgan fingerprint density at radius 2 is 2.05 bits per heavy atom. The number of hydrogen-bond acceptors (Lipinski definition) is 5. The maximum Gasteiger partial charge on any atom is 0.262 e. The normalized spacial score (nSPS) is 21.0. The number of aldehydes is 1. The number of benzene rings is 1. The van der Waals surface area contributed by atoms with Gasteiger partial charge in [0.15, 0.2) is 6.29 Å². The molecule has 100 valence electrons. The molecule has 1 aliphatic heterocycles.